The number of carbonyl (C=O) groups is 1. The lowest BCUT2D eigenvalue weighted by Crippen LogP contribution is -2.01. The summed E-state index contributed by atoms with van der Waals surface area (Å²) in [6.45, 7) is 1.25. The molecule has 7 heteroatoms. The highest BCUT2D eigenvalue weighted by Gasteiger charge is 2.09. The zero-order chi connectivity index (χ0) is 13.5. The van der Waals surface area contributed by atoms with Gasteiger partial charge < -0.3 is 20.2 Å². The number of aliphatic carboxylic acids is 1. The number of aromatic nitrogens is 1. The van der Waals surface area contributed by atoms with Gasteiger partial charge in [0, 0.05) is 17.3 Å². The monoisotopic (exact) mass is 254 g/mol. The van der Waals surface area contributed by atoms with Crippen molar-refractivity contribution in [3.8, 4) is 5.75 Å². The Morgan fingerprint density at radius 2 is 2.33 bits per heavy atom. The SMILES string of the molecule is Cc1ncc(CO)c(/C=N/OCCC(=O)O)c1O. The first-order chi connectivity index (χ1) is 8.56. The summed E-state index contributed by atoms with van der Waals surface area (Å²) >= 11 is 0. The van der Waals surface area contributed by atoms with Gasteiger partial charge in [0.15, 0.2) is 0 Å². The molecular weight excluding hydrogens is 240 g/mol. The van der Waals surface area contributed by atoms with E-state index < -0.39 is 5.97 Å². The molecule has 0 aromatic carbocycles. The molecule has 0 saturated heterocycles. The normalized spacial score (nSPS) is 10.8. The topological polar surface area (TPSA) is 112 Å². The van der Waals surface area contributed by atoms with Crippen LogP contribution in [0.3, 0.4) is 0 Å². The molecule has 0 radical (unpaired) electrons. The van der Waals surface area contributed by atoms with E-state index in [2.05, 4.69) is 10.1 Å². The number of pyridine rings is 1. The third kappa shape index (κ3) is 3.70. The number of hydrogen-bond acceptors (Lipinski definition) is 6. The number of rotatable bonds is 6. The lowest BCUT2D eigenvalue weighted by molar-refractivity contribution is -0.138. The summed E-state index contributed by atoms with van der Waals surface area (Å²) in [7, 11) is 0. The fourth-order valence-electron chi connectivity index (χ4n) is 1.20. The Hall–Kier alpha value is -2.15. The number of oxime groups is 1. The summed E-state index contributed by atoms with van der Waals surface area (Å²) in [6, 6.07) is 0. The number of hydrogen-bond donors (Lipinski definition) is 3. The van der Waals surface area contributed by atoms with Crippen LogP contribution in [0.1, 0.15) is 23.2 Å². The van der Waals surface area contributed by atoms with E-state index in [1.54, 1.807) is 6.92 Å². The molecule has 0 aliphatic rings. The van der Waals surface area contributed by atoms with Crippen LogP contribution in [0.15, 0.2) is 11.4 Å². The molecule has 7 nitrogen and oxygen atoms in total. The van der Waals surface area contributed by atoms with Gasteiger partial charge >= 0.3 is 5.97 Å². The standard InChI is InChI=1S/C11H14N2O5/c1-7-11(17)9(8(6-14)4-12-7)5-13-18-3-2-10(15)16/h4-5,14,17H,2-3,6H2,1H3,(H,15,16)/b13-5+. The van der Waals surface area contributed by atoms with E-state index in [0.717, 1.165) is 0 Å². The van der Waals surface area contributed by atoms with Gasteiger partial charge in [-0.2, -0.15) is 0 Å². The molecule has 98 valence electrons. The first kappa shape index (κ1) is 13.9. The van der Waals surface area contributed by atoms with Crippen molar-refractivity contribution < 1.29 is 25.0 Å². The van der Waals surface area contributed by atoms with Gasteiger partial charge in [-0.05, 0) is 6.92 Å². The number of carboxylic acids is 1. The Balaban J connectivity index is 2.73. The Kier molecular flexibility index (Phi) is 5.06. The summed E-state index contributed by atoms with van der Waals surface area (Å²) in [5.41, 5.74) is 1.11. The summed E-state index contributed by atoms with van der Waals surface area (Å²) < 4.78 is 0. The minimum atomic E-state index is -0.983. The highest BCUT2D eigenvalue weighted by molar-refractivity contribution is 5.85. The van der Waals surface area contributed by atoms with Crippen molar-refractivity contribution in [3.05, 3.63) is 23.0 Å². The number of carboxylic acid groups (broad SMARTS) is 1. The molecule has 1 aromatic heterocycles. The van der Waals surface area contributed by atoms with Crippen molar-refractivity contribution in [2.75, 3.05) is 6.61 Å². The van der Waals surface area contributed by atoms with Gasteiger partial charge in [0.05, 0.1) is 24.9 Å². The second kappa shape index (κ2) is 6.55. The van der Waals surface area contributed by atoms with Crippen molar-refractivity contribution in [1.29, 1.82) is 0 Å². The van der Waals surface area contributed by atoms with E-state index in [-0.39, 0.29) is 25.4 Å². The van der Waals surface area contributed by atoms with Crippen LogP contribution in [0.5, 0.6) is 5.75 Å². The Morgan fingerprint density at radius 1 is 1.61 bits per heavy atom. The molecule has 0 fully saturated rings. The molecule has 3 N–H and O–H groups in total. The van der Waals surface area contributed by atoms with Gasteiger partial charge in [-0.1, -0.05) is 5.16 Å². The van der Waals surface area contributed by atoms with E-state index in [0.29, 0.717) is 16.8 Å². The van der Waals surface area contributed by atoms with Crippen LogP contribution in [0.4, 0.5) is 0 Å². The van der Waals surface area contributed by atoms with Crippen LogP contribution in [0, 0.1) is 6.92 Å². The largest absolute Gasteiger partial charge is 0.505 e. The van der Waals surface area contributed by atoms with Gasteiger partial charge in [-0.3, -0.25) is 9.78 Å². The van der Waals surface area contributed by atoms with Crippen LogP contribution < -0.4 is 0 Å². The third-order valence-electron chi connectivity index (χ3n) is 2.19. The van der Waals surface area contributed by atoms with E-state index in [1.165, 1.54) is 12.4 Å². The van der Waals surface area contributed by atoms with E-state index in [9.17, 15) is 9.90 Å². The minimum absolute atomic E-state index is 0.0644. The summed E-state index contributed by atoms with van der Waals surface area (Å²) in [4.78, 5) is 18.8. The van der Waals surface area contributed by atoms with Crippen molar-refractivity contribution in [1.82, 2.24) is 4.98 Å². The van der Waals surface area contributed by atoms with Crippen LogP contribution in [0.2, 0.25) is 0 Å². The summed E-state index contributed by atoms with van der Waals surface area (Å²) in [5.74, 6) is -1.07. The van der Waals surface area contributed by atoms with E-state index >= 15 is 0 Å². The molecule has 1 aromatic rings. The maximum absolute atomic E-state index is 10.2. The van der Waals surface area contributed by atoms with Crippen molar-refractivity contribution in [3.63, 3.8) is 0 Å². The maximum atomic E-state index is 10.2. The van der Waals surface area contributed by atoms with Gasteiger partial charge in [-0.15, -0.1) is 0 Å². The number of aliphatic hydroxyl groups is 1. The van der Waals surface area contributed by atoms with Gasteiger partial charge in [-0.25, -0.2) is 0 Å². The zero-order valence-corrected chi connectivity index (χ0v) is 9.83. The molecule has 18 heavy (non-hydrogen) atoms. The Morgan fingerprint density at radius 3 is 2.94 bits per heavy atom. The quantitative estimate of drug-likeness (QED) is 0.385. The molecule has 0 bridgehead atoms. The van der Waals surface area contributed by atoms with Gasteiger partial charge in [0.1, 0.15) is 12.4 Å². The number of aliphatic hydroxyl groups excluding tert-OH is 1. The lowest BCUT2D eigenvalue weighted by Gasteiger charge is -2.06. The first-order valence-corrected chi connectivity index (χ1v) is 5.21. The molecule has 0 saturated carbocycles. The minimum Gasteiger partial charge on any atom is -0.505 e. The van der Waals surface area contributed by atoms with Crippen LogP contribution in [0.25, 0.3) is 0 Å². The average molecular weight is 254 g/mol. The Labute approximate surface area is 103 Å². The fraction of sp³-hybridized carbons (Fsp3) is 0.364. The number of aromatic hydroxyl groups is 1. The molecule has 0 aliphatic heterocycles. The van der Waals surface area contributed by atoms with Gasteiger partial charge in [0.2, 0.25) is 0 Å². The van der Waals surface area contributed by atoms with Crippen LogP contribution >= 0.6 is 0 Å². The average Bonchev–Trinajstić information content (AvgIpc) is 2.33. The molecular formula is C11H14N2O5. The predicted octanol–water partition coefficient (Wildman–Crippen LogP) is 0.413. The zero-order valence-electron chi connectivity index (χ0n) is 9.83. The van der Waals surface area contributed by atoms with E-state index in [1.807, 2.05) is 0 Å². The second-order valence-electron chi connectivity index (χ2n) is 3.50. The van der Waals surface area contributed by atoms with Crippen molar-refractivity contribution in [2.24, 2.45) is 5.16 Å². The molecule has 1 heterocycles. The molecule has 0 atom stereocenters. The highest BCUT2D eigenvalue weighted by atomic mass is 16.6. The van der Waals surface area contributed by atoms with Crippen LogP contribution in [-0.2, 0) is 16.2 Å². The molecule has 0 unspecified atom stereocenters. The van der Waals surface area contributed by atoms with Crippen molar-refractivity contribution in [2.45, 2.75) is 20.0 Å². The van der Waals surface area contributed by atoms with E-state index in [4.69, 9.17) is 15.1 Å². The smallest absolute Gasteiger partial charge is 0.306 e. The first-order valence-electron chi connectivity index (χ1n) is 5.21. The third-order valence-corrected chi connectivity index (χ3v) is 2.19. The van der Waals surface area contributed by atoms with Crippen LogP contribution in [-0.4, -0.2) is 39.1 Å². The lowest BCUT2D eigenvalue weighted by atomic mass is 10.1. The molecule has 0 spiro atoms. The maximum Gasteiger partial charge on any atom is 0.306 e. The highest BCUT2D eigenvalue weighted by Crippen LogP contribution is 2.21. The summed E-state index contributed by atoms with van der Waals surface area (Å²) in [5, 5.41) is 30.7. The Bertz CT molecular complexity index is 459. The predicted molar refractivity (Wildman–Crippen MR) is 62.4 cm³/mol. The fourth-order valence-corrected chi connectivity index (χ4v) is 1.20. The number of nitrogens with zero attached hydrogens (tertiary/aromatic N) is 2. The summed E-state index contributed by atoms with van der Waals surface area (Å²) in [6.07, 6.45) is 2.48. The second-order valence-corrected chi connectivity index (χ2v) is 3.50. The van der Waals surface area contributed by atoms with Gasteiger partial charge in [0.25, 0.3) is 0 Å². The van der Waals surface area contributed by atoms with Crippen molar-refractivity contribution >= 4 is 12.2 Å². The molecule has 0 aliphatic carbocycles. The number of aryl methyl sites for hydroxylation is 1. The molecule has 0 amide bonds. The molecule has 1 rings (SSSR count).